The molecule has 24 heavy (non-hydrogen) atoms. The zero-order valence-corrected chi connectivity index (χ0v) is 14.5. The molecule has 0 atom stereocenters. The zero-order chi connectivity index (χ0) is 17.9. The Kier molecular flexibility index (Phi) is 5.61. The summed E-state index contributed by atoms with van der Waals surface area (Å²) in [4.78, 5) is 24.8. The molecule has 1 fully saturated rings. The molecular formula is C16H22N2O5S. The van der Waals surface area contributed by atoms with Crippen LogP contribution in [-0.4, -0.2) is 48.9 Å². The lowest BCUT2D eigenvalue weighted by molar-refractivity contribution is -0.137. The van der Waals surface area contributed by atoms with E-state index in [-0.39, 0.29) is 35.9 Å². The molecule has 0 heterocycles. The minimum Gasteiger partial charge on any atom is -0.481 e. The van der Waals surface area contributed by atoms with Crippen LogP contribution < -0.4 is 4.72 Å². The number of sulfonamides is 1. The van der Waals surface area contributed by atoms with Crippen LogP contribution in [0.25, 0.3) is 0 Å². The Bertz CT molecular complexity index is 708. The van der Waals surface area contributed by atoms with Gasteiger partial charge in [0.05, 0.1) is 11.3 Å². The van der Waals surface area contributed by atoms with Gasteiger partial charge in [0.2, 0.25) is 10.0 Å². The van der Waals surface area contributed by atoms with E-state index in [0.29, 0.717) is 5.56 Å². The summed E-state index contributed by atoms with van der Waals surface area (Å²) in [5.41, 5.74) is 0.333. The smallest absolute Gasteiger partial charge is 0.305 e. The highest BCUT2D eigenvalue weighted by Crippen LogP contribution is 2.22. The second kappa shape index (κ2) is 7.31. The Hall–Kier alpha value is -1.93. The number of carboxylic acid groups (broad SMARTS) is 1. The van der Waals surface area contributed by atoms with Crippen LogP contribution in [0.5, 0.6) is 0 Å². The predicted octanol–water partition coefficient (Wildman–Crippen LogP) is 1.45. The van der Waals surface area contributed by atoms with Gasteiger partial charge in [-0.05, 0) is 51.0 Å². The Morgan fingerprint density at radius 1 is 1.25 bits per heavy atom. The van der Waals surface area contributed by atoms with E-state index in [1.807, 2.05) is 0 Å². The van der Waals surface area contributed by atoms with Gasteiger partial charge in [0, 0.05) is 24.2 Å². The van der Waals surface area contributed by atoms with Gasteiger partial charge in [-0.1, -0.05) is 0 Å². The van der Waals surface area contributed by atoms with E-state index in [9.17, 15) is 18.0 Å². The number of nitrogens with zero attached hydrogens (tertiary/aromatic N) is 1. The first-order valence-electron chi connectivity index (χ1n) is 7.86. The van der Waals surface area contributed by atoms with Gasteiger partial charge < -0.3 is 10.0 Å². The molecule has 8 heteroatoms. The van der Waals surface area contributed by atoms with Crippen molar-refractivity contribution in [3.05, 3.63) is 29.8 Å². The number of carbonyl (C=O) groups excluding carboxylic acids is 1. The Morgan fingerprint density at radius 3 is 2.29 bits per heavy atom. The number of benzene rings is 1. The molecule has 1 aromatic rings. The van der Waals surface area contributed by atoms with Crippen LogP contribution in [0.1, 0.15) is 43.5 Å². The lowest BCUT2D eigenvalue weighted by Crippen LogP contribution is -2.38. The predicted molar refractivity (Wildman–Crippen MR) is 88.2 cm³/mol. The quantitative estimate of drug-likeness (QED) is 0.735. The van der Waals surface area contributed by atoms with Crippen molar-refractivity contribution in [1.29, 1.82) is 0 Å². The lowest BCUT2D eigenvalue weighted by atomic mass is 10.1. The number of rotatable bonds is 8. The third-order valence-electron chi connectivity index (χ3n) is 3.76. The van der Waals surface area contributed by atoms with Crippen LogP contribution in [0.15, 0.2) is 29.2 Å². The first-order chi connectivity index (χ1) is 11.2. The second-order valence-electron chi connectivity index (χ2n) is 6.16. The molecule has 7 nitrogen and oxygen atoms in total. The SMILES string of the molecule is CC(C)N(CCC(=O)O)C(=O)c1ccc(S(=O)(=O)NC2CC2)cc1. The van der Waals surface area contributed by atoms with Crippen LogP contribution in [0.4, 0.5) is 0 Å². The monoisotopic (exact) mass is 354 g/mol. The van der Waals surface area contributed by atoms with Crippen LogP contribution in [-0.2, 0) is 14.8 Å². The molecule has 0 saturated heterocycles. The van der Waals surface area contributed by atoms with E-state index in [4.69, 9.17) is 5.11 Å². The Balaban J connectivity index is 2.12. The van der Waals surface area contributed by atoms with Gasteiger partial charge in [-0.3, -0.25) is 9.59 Å². The number of hydrogen-bond acceptors (Lipinski definition) is 4. The van der Waals surface area contributed by atoms with Crippen molar-refractivity contribution in [3.8, 4) is 0 Å². The summed E-state index contributed by atoms with van der Waals surface area (Å²) in [6.45, 7) is 3.71. The Morgan fingerprint density at radius 2 is 1.83 bits per heavy atom. The molecule has 2 N–H and O–H groups in total. The maximum atomic E-state index is 12.5. The van der Waals surface area contributed by atoms with Crippen LogP contribution in [0.3, 0.4) is 0 Å². The van der Waals surface area contributed by atoms with E-state index in [2.05, 4.69) is 4.72 Å². The van der Waals surface area contributed by atoms with Gasteiger partial charge in [-0.25, -0.2) is 13.1 Å². The summed E-state index contributed by atoms with van der Waals surface area (Å²) in [7, 11) is -3.55. The average molecular weight is 354 g/mol. The van der Waals surface area contributed by atoms with Gasteiger partial charge in [0.1, 0.15) is 0 Å². The maximum absolute atomic E-state index is 12.5. The van der Waals surface area contributed by atoms with Crippen LogP contribution in [0.2, 0.25) is 0 Å². The standard InChI is InChI=1S/C16H22N2O5S/c1-11(2)18(10-9-15(19)20)16(21)12-3-7-14(8-4-12)24(22,23)17-13-5-6-13/h3-4,7-8,11,13,17H,5-6,9-10H2,1-2H3,(H,19,20). The van der Waals surface area contributed by atoms with E-state index < -0.39 is 16.0 Å². The minimum absolute atomic E-state index is 0.0174. The number of aliphatic carboxylic acids is 1. The van der Waals surface area contributed by atoms with E-state index in [0.717, 1.165) is 12.8 Å². The maximum Gasteiger partial charge on any atom is 0.305 e. The van der Waals surface area contributed by atoms with Crippen molar-refractivity contribution in [2.75, 3.05) is 6.54 Å². The van der Waals surface area contributed by atoms with Gasteiger partial charge >= 0.3 is 5.97 Å². The van der Waals surface area contributed by atoms with Gasteiger partial charge in [0.25, 0.3) is 5.91 Å². The number of hydrogen-bond donors (Lipinski definition) is 2. The fourth-order valence-electron chi connectivity index (χ4n) is 2.24. The van der Waals surface area contributed by atoms with Gasteiger partial charge in [-0.15, -0.1) is 0 Å². The third kappa shape index (κ3) is 4.78. The van der Waals surface area contributed by atoms with Crippen molar-refractivity contribution in [2.24, 2.45) is 0 Å². The van der Waals surface area contributed by atoms with Gasteiger partial charge in [-0.2, -0.15) is 0 Å². The number of amides is 1. The van der Waals surface area contributed by atoms with E-state index >= 15 is 0 Å². The molecule has 0 bridgehead atoms. The number of carboxylic acids is 1. The molecule has 0 aliphatic heterocycles. The first-order valence-corrected chi connectivity index (χ1v) is 9.34. The molecular weight excluding hydrogens is 332 g/mol. The van der Waals surface area contributed by atoms with E-state index in [1.54, 1.807) is 13.8 Å². The third-order valence-corrected chi connectivity index (χ3v) is 5.30. The molecule has 1 aliphatic carbocycles. The normalized spacial score (nSPS) is 14.6. The molecule has 1 saturated carbocycles. The first kappa shape index (κ1) is 18.4. The highest BCUT2D eigenvalue weighted by molar-refractivity contribution is 7.89. The Labute approximate surface area is 141 Å². The second-order valence-corrected chi connectivity index (χ2v) is 7.87. The number of nitrogens with one attached hydrogen (secondary N) is 1. The summed E-state index contributed by atoms with van der Waals surface area (Å²) in [5, 5.41) is 8.79. The summed E-state index contributed by atoms with van der Waals surface area (Å²) in [6.07, 6.45) is 1.56. The fraction of sp³-hybridized carbons (Fsp3) is 0.500. The summed E-state index contributed by atoms with van der Waals surface area (Å²) in [5.74, 6) is -1.29. The topological polar surface area (TPSA) is 104 Å². The molecule has 0 aromatic heterocycles. The van der Waals surface area contributed by atoms with Crippen molar-refractivity contribution in [2.45, 2.75) is 50.1 Å². The highest BCUT2D eigenvalue weighted by atomic mass is 32.2. The average Bonchev–Trinajstić information content (AvgIpc) is 3.30. The molecule has 0 spiro atoms. The molecule has 2 rings (SSSR count). The van der Waals surface area contributed by atoms with Crippen molar-refractivity contribution in [3.63, 3.8) is 0 Å². The van der Waals surface area contributed by atoms with Crippen LogP contribution >= 0.6 is 0 Å². The zero-order valence-electron chi connectivity index (χ0n) is 13.7. The summed E-state index contributed by atoms with van der Waals surface area (Å²) in [6, 6.07) is 5.57. The molecule has 132 valence electrons. The fourth-order valence-corrected chi connectivity index (χ4v) is 3.55. The van der Waals surface area contributed by atoms with Crippen molar-refractivity contribution in [1.82, 2.24) is 9.62 Å². The molecule has 1 aromatic carbocycles. The van der Waals surface area contributed by atoms with E-state index in [1.165, 1.54) is 29.2 Å². The molecule has 1 aliphatic rings. The molecule has 1 amide bonds. The number of carbonyl (C=O) groups is 2. The largest absolute Gasteiger partial charge is 0.481 e. The molecule has 0 unspecified atom stereocenters. The summed E-state index contributed by atoms with van der Waals surface area (Å²) >= 11 is 0. The van der Waals surface area contributed by atoms with Crippen LogP contribution in [0, 0.1) is 0 Å². The van der Waals surface area contributed by atoms with Crippen molar-refractivity contribution >= 4 is 21.9 Å². The lowest BCUT2D eigenvalue weighted by Gasteiger charge is -2.26. The highest BCUT2D eigenvalue weighted by Gasteiger charge is 2.28. The summed E-state index contributed by atoms with van der Waals surface area (Å²) < 4.78 is 26.8. The molecule has 0 radical (unpaired) electrons. The van der Waals surface area contributed by atoms with Crippen molar-refractivity contribution < 1.29 is 23.1 Å². The minimum atomic E-state index is -3.55. The van der Waals surface area contributed by atoms with Gasteiger partial charge in [0.15, 0.2) is 0 Å².